The number of fused-ring (bicyclic) bond motifs is 2. The number of aliphatic hydroxyl groups is 2. The fourth-order valence-corrected chi connectivity index (χ4v) is 2.92. The van der Waals surface area contributed by atoms with E-state index >= 15 is 0 Å². The fraction of sp³-hybridized carbons (Fsp3) is 0.222. The van der Waals surface area contributed by atoms with Crippen LogP contribution >= 0.6 is 0 Å². The van der Waals surface area contributed by atoms with Gasteiger partial charge in [0.2, 0.25) is 0 Å². The zero-order valence-electron chi connectivity index (χ0n) is 13.4. The molecule has 2 atom stereocenters. The van der Waals surface area contributed by atoms with Gasteiger partial charge in [-0.05, 0) is 24.3 Å². The molecule has 0 fully saturated rings. The second kappa shape index (κ2) is 6.64. The third-order valence-corrected chi connectivity index (χ3v) is 4.07. The minimum atomic E-state index is -1.15. The van der Waals surface area contributed by atoms with Crippen molar-refractivity contribution >= 4 is 22.1 Å². The molecule has 2 heterocycles. The van der Waals surface area contributed by atoms with Crippen LogP contribution in [-0.4, -0.2) is 41.9 Å². The van der Waals surface area contributed by atoms with Gasteiger partial charge in [0, 0.05) is 0 Å². The number of aliphatic hydroxyl groups excluding tert-OH is 2. The van der Waals surface area contributed by atoms with Gasteiger partial charge in [-0.1, -0.05) is 24.3 Å². The van der Waals surface area contributed by atoms with Crippen molar-refractivity contribution in [3.8, 4) is 0 Å². The molecule has 0 amide bonds. The molecule has 0 bridgehead atoms. The van der Waals surface area contributed by atoms with Crippen LogP contribution in [0.3, 0.4) is 0 Å². The Morgan fingerprint density at radius 2 is 1.20 bits per heavy atom. The van der Waals surface area contributed by atoms with Gasteiger partial charge < -0.3 is 24.1 Å². The van der Waals surface area contributed by atoms with Crippen molar-refractivity contribution in [2.24, 2.45) is 0 Å². The van der Waals surface area contributed by atoms with Crippen molar-refractivity contribution in [2.45, 2.75) is 25.7 Å². The zero-order valence-corrected chi connectivity index (χ0v) is 13.4. The third kappa shape index (κ3) is 3.25. The summed E-state index contributed by atoms with van der Waals surface area (Å²) >= 11 is 0. The maximum Gasteiger partial charge on any atom is 0.175 e. The molecule has 0 aliphatic rings. The Morgan fingerprint density at radius 3 is 1.68 bits per heavy atom. The highest BCUT2D eigenvalue weighted by atomic mass is 16.7. The number of aromatic nitrogens is 4. The first kappa shape index (κ1) is 15.8. The van der Waals surface area contributed by atoms with Gasteiger partial charge in [-0.15, -0.1) is 0 Å². The van der Waals surface area contributed by atoms with Crippen LogP contribution in [-0.2, 0) is 17.8 Å². The van der Waals surface area contributed by atoms with Crippen molar-refractivity contribution in [1.29, 1.82) is 0 Å². The molecule has 4 aromatic rings. The summed E-state index contributed by atoms with van der Waals surface area (Å²) in [7, 11) is 0. The lowest BCUT2D eigenvalue weighted by molar-refractivity contribution is -0.215. The highest BCUT2D eigenvalue weighted by molar-refractivity contribution is 5.75. The number of hydrogen-bond donors (Lipinski definition) is 2. The summed E-state index contributed by atoms with van der Waals surface area (Å²) in [6.07, 6.45) is 0.991. The Morgan fingerprint density at radius 1 is 0.760 bits per heavy atom. The van der Waals surface area contributed by atoms with E-state index in [0.717, 1.165) is 22.1 Å². The molecule has 4 rings (SSSR count). The third-order valence-electron chi connectivity index (χ3n) is 4.07. The molecular weight excluding hydrogens is 320 g/mol. The van der Waals surface area contributed by atoms with E-state index in [1.54, 1.807) is 21.8 Å². The van der Waals surface area contributed by atoms with Crippen LogP contribution in [0.2, 0.25) is 0 Å². The van der Waals surface area contributed by atoms with Crippen LogP contribution < -0.4 is 0 Å². The quantitative estimate of drug-likeness (QED) is 0.523. The van der Waals surface area contributed by atoms with Gasteiger partial charge in [0.05, 0.1) is 47.8 Å². The van der Waals surface area contributed by atoms with Gasteiger partial charge in [-0.25, -0.2) is 9.97 Å². The van der Waals surface area contributed by atoms with Gasteiger partial charge in [0.15, 0.2) is 12.6 Å². The summed E-state index contributed by atoms with van der Waals surface area (Å²) < 4.78 is 8.89. The molecule has 0 aliphatic heterocycles. The summed E-state index contributed by atoms with van der Waals surface area (Å²) in [5.41, 5.74) is 3.50. The van der Waals surface area contributed by atoms with Crippen LogP contribution in [0.1, 0.15) is 0 Å². The largest absolute Gasteiger partial charge is 0.366 e. The predicted molar refractivity (Wildman–Crippen MR) is 92.6 cm³/mol. The highest BCUT2D eigenvalue weighted by Gasteiger charge is 2.15. The van der Waals surface area contributed by atoms with Crippen molar-refractivity contribution in [1.82, 2.24) is 19.1 Å². The Hall–Kier alpha value is -2.74. The lowest BCUT2D eigenvalue weighted by Crippen LogP contribution is -2.28. The average molecular weight is 338 g/mol. The van der Waals surface area contributed by atoms with Crippen LogP contribution in [0.25, 0.3) is 22.1 Å². The maximum atomic E-state index is 10.1. The minimum Gasteiger partial charge on any atom is -0.366 e. The number of nitrogens with zero attached hydrogens (tertiary/aromatic N) is 4. The number of para-hydroxylation sites is 4. The van der Waals surface area contributed by atoms with Gasteiger partial charge in [0.1, 0.15) is 0 Å². The summed E-state index contributed by atoms with van der Waals surface area (Å²) in [5.74, 6) is 0. The minimum absolute atomic E-state index is 0.183. The summed E-state index contributed by atoms with van der Waals surface area (Å²) in [5, 5.41) is 20.3. The van der Waals surface area contributed by atoms with E-state index in [2.05, 4.69) is 9.97 Å². The second-order valence-corrected chi connectivity index (χ2v) is 5.82. The molecule has 7 nitrogen and oxygen atoms in total. The molecule has 0 aliphatic carbocycles. The van der Waals surface area contributed by atoms with E-state index in [0.29, 0.717) is 0 Å². The molecule has 0 saturated carbocycles. The first-order chi connectivity index (χ1) is 12.2. The zero-order chi connectivity index (χ0) is 17.2. The monoisotopic (exact) mass is 338 g/mol. The Kier molecular flexibility index (Phi) is 4.19. The van der Waals surface area contributed by atoms with Gasteiger partial charge in [-0.2, -0.15) is 0 Å². The normalized spacial score (nSPS) is 14.2. The molecule has 2 aromatic heterocycles. The Labute approximate surface area is 143 Å². The topological polar surface area (TPSA) is 85.3 Å². The maximum absolute atomic E-state index is 10.1. The molecule has 2 aromatic carbocycles. The molecule has 0 spiro atoms. The first-order valence-corrected chi connectivity index (χ1v) is 8.02. The van der Waals surface area contributed by atoms with E-state index in [9.17, 15) is 10.2 Å². The van der Waals surface area contributed by atoms with E-state index < -0.39 is 12.6 Å². The standard InChI is InChI=1S/C18H18N4O3/c23-17(9-21-11-19-13-5-1-3-7-15(13)21)25-18(24)10-22-12-20-14-6-2-4-8-16(14)22/h1-8,11-12,17-18,23-24H,9-10H2. The smallest absolute Gasteiger partial charge is 0.175 e. The van der Waals surface area contributed by atoms with E-state index in [-0.39, 0.29) is 13.1 Å². The van der Waals surface area contributed by atoms with E-state index in [4.69, 9.17) is 4.74 Å². The van der Waals surface area contributed by atoms with Crippen LogP contribution in [0.5, 0.6) is 0 Å². The fourth-order valence-electron chi connectivity index (χ4n) is 2.92. The van der Waals surface area contributed by atoms with E-state index in [1.807, 2.05) is 48.5 Å². The van der Waals surface area contributed by atoms with Crippen LogP contribution in [0.4, 0.5) is 0 Å². The number of imidazole rings is 2. The summed E-state index contributed by atoms with van der Waals surface area (Å²) in [6.45, 7) is 0.366. The molecule has 2 N–H and O–H groups in total. The number of hydrogen-bond acceptors (Lipinski definition) is 5. The highest BCUT2D eigenvalue weighted by Crippen LogP contribution is 2.15. The van der Waals surface area contributed by atoms with Crippen molar-refractivity contribution in [2.75, 3.05) is 0 Å². The average Bonchev–Trinajstić information content (AvgIpc) is 3.20. The van der Waals surface area contributed by atoms with Crippen molar-refractivity contribution in [3.63, 3.8) is 0 Å². The SMILES string of the molecule is OC(Cn1cnc2ccccc21)OC(O)Cn1cnc2ccccc21. The molecule has 25 heavy (non-hydrogen) atoms. The molecule has 7 heteroatoms. The molecule has 2 unspecified atom stereocenters. The van der Waals surface area contributed by atoms with Crippen molar-refractivity contribution in [3.05, 3.63) is 61.2 Å². The first-order valence-electron chi connectivity index (χ1n) is 8.02. The second-order valence-electron chi connectivity index (χ2n) is 5.82. The number of ether oxygens (including phenoxy) is 1. The molecule has 0 saturated heterocycles. The van der Waals surface area contributed by atoms with Gasteiger partial charge >= 0.3 is 0 Å². The summed E-state index contributed by atoms with van der Waals surface area (Å²) in [6, 6.07) is 15.3. The van der Waals surface area contributed by atoms with Crippen LogP contribution in [0.15, 0.2) is 61.2 Å². The van der Waals surface area contributed by atoms with E-state index in [1.165, 1.54) is 0 Å². The Balaban J connectivity index is 1.41. The predicted octanol–water partition coefficient (Wildman–Crippen LogP) is 1.74. The number of benzene rings is 2. The summed E-state index contributed by atoms with van der Waals surface area (Å²) in [4.78, 5) is 8.53. The Bertz CT molecular complexity index is 914. The molecule has 128 valence electrons. The number of rotatable bonds is 6. The molecular formula is C18H18N4O3. The van der Waals surface area contributed by atoms with Crippen LogP contribution in [0, 0.1) is 0 Å². The van der Waals surface area contributed by atoms with Gasteiger partial charge in [-0.3, -0.25) is 0 Å². The van der Waals surface area contributed by atoms with Gasteiger partial charge in [0.25, 0.3) is 0 Å². The lowest BCUT2D eigenvalue weighted by Gasteiger charge is -2.18. The molecule has 0 radical (unpaired) electrons. The lowest BCUT2D eigenvalue weighted by atomic mass is 10.3. The van der Waals surface area contributed by atoms with Crippen molar-refractivity contribution < 1.29 is 14.9 Å².